The first-order valence-corrected chi connectivity index (χ1v) is 17.2. The lowest BCUT2D eigenvalue weighted by Crippen LogP contribution is -2.68. The second-order valence-electron chi connectivity index (χ2n) is 14.3. The Morgan fingerprint density at radius 2 is 1.62 bits per heavy atom. The van der Waals surface area contributed by atoms with E-state index in [2.05, 4.69) is 18.7 Å². The Morgan fingerprint density at radius 1 is 0.960 bits per heavy atom. The van der Waals surface area contributed by atoms with Gasteiger partial charge in [-0.25, -0.2) is 9.18 Å². The molecule has 2 unspecified atom stereocenters. The van der Waals surface area contributed by atoms with E-state index in [1.165, 1.54) is 4.90 Å². The van der Waals surface area contributed by atoms with Gasteiger partial charge in [0.15, 0.2) is 6.73 Å². The van der Waals surface area contributed by atoms with Crippen LogP contribution >= 0.6 is 23.2 Å². The second-order valence-corrected chi connectivity index (χ2v) is 15.2. The molecule has 3 N–H and O–H groups in total. The molecule has 5 heterocycles. The summed E-state index contributed by atoms with van der Waals surface area (Å²) < 4.78 is 39.7. The van der Waals surface area contributed by atoms with E-state index in [0.717, 1.165) is 24.6 Å². The highest BCUT2D eigenvalue weighted by Crippen LogP contribution is 2.44. The number of carboxylic acids is 1. The van der Waals surface area contributed by atoms with E-state index in [1.807, 2.05) is 11.0 Å². The highest BCUT2D eigenvalue weighted by atomic mass is 35.5. The van der Waals surface area contributed by atoms with Crippen LogP contribution in [0.3, 0.4) is 0 Å². The number of carbonyl (C=O) groups excluding carboxylic acids is 1. The number of amides is 1. The van der Waals surface area contributed by atoms with Gasteiger partial charge in [0.05, 0.1) is 85.0 Å². The lowest BCUT2D eigenvalue weighted by atomic mass is 9.93. The molecule has 2 bridgehead atoms. The first kappa shape index (κ1) is 34.8. The quantitative estimate of drug-likeness (QED) is 0.355. The van der Waals surface area contributed by atoms with Gasteiger partial charge < -0.3 is 44.2 Å². The predicted molar refractivity (Wildman–Crippen MR) is 185 cm³/mol. The van der Waals surface area contributed by atoms with Crippen LogP contribution in [-0.4, -0.2) is 91.5 Å². The zero-order chi connectivity index (χ0) is 34.2. The molecule has 50 heavy (non-hydrogen) atoms. The normalized spacial score (nSPS) is 23.1. The van der Waals surface area contributed by atoms with E-state index in [4.69, 9.17) is 42.1 Å². The molecule has 266 valence electrons. The fourth-order valence-electron chi connectivity index (χ4n) is 7.53. The largest absolute Gasteiger partial charge is 0.478 e. The van der Waals surface area contributed by atoms with Crippen molar-refractivity contribution in [2.45, 2.75) is 51.1 Å². The average Bonchev–Trinajstić information content (AvgIpc) is 3.29. The first-order chi connectivity index (χ1) is 23.4. The smallest absolute Gasteiger partial charge is 0.337 e. The second kappa shape index (κ2) is 12.8. The third-order valence-electron chi connectivity index (χ3n) is 10.2. The standard InChI is InChI=1S/C36H36Cl2FN3O7.H2O/c1-35(2)17-48-36(49-18-35)15-41(16-36)23-8-27(37)31(28(38)9-23)33(43)40-12-20-4-3-5-24(32(20)47-19-40)25-11-30(26(34(44)45)10-29(25)39)42-21-6-7-22(42)14-46-13-21;/h3-5,8-11,21-22H,6-7,12-19H2,1-2H3,(H,44,45);1H2. The minimum absolute atomic E-state index is 0. The Kier molecular flexibility index (Phi) is 8.93. The summed E-state index contributed by atoms with van der Waals surface area (Å²) in [6, 6.07) is 11.5. The molecule has 8 rings (SSSR count). The minimum atomic E-state index is -1.19. The van der Waals surface area contributed by atoms with Crippen molar-refractivity contribution in [2.24, 2.45) is 5.41 Å². The van der Waals surface area contributed by atoms with E-state index in [-0.39, 0.29) is 63.0 Å². The Hall–Kier alpha value is -3.65. The molecule has 2 atom stereocenters. The maximum atomic E-state index is 15.7. The van der Waals surface area contributed by atoms with Gasteiger partial charge in [-0.2, -0.15) is 0 Å². The Balaban J connectivity index is 0.00000392. The zero-order valence-corrected chi connectivity index (χ0v) is 29.2. The van der Waals surface area contributed by atoms with Crippen molar-refractivity contribution >= 4 is 46.5 Å². The van der Waals surface area contributed by atoms with Crippen molar-refractivity contribution in [3.63, 3.8) is 0 Å². The van der Waals surface area contributed by atoms with E-state index in [0.29, 0.717) is 62.1 Å². The molecule has 11 nitrogen and oxygen atoms in total. The van der Waals surface area contributed by atoms with E-state index >= 15 is 4.39 Å². The summed E-state index contributed by atoms with van der Waals surface area (Å²) in [7, 11) is 0. The molecular formula is C36H38Cl2FN3O8. The fourth-order valence-corrected chi connectivity index (χ4v) is 8.17. The third kappa shape index (κ3) is 5.95. The van der Waals surface area contributed by atoms with E-state index in [9.17, 15) is 14.7 Å². The summed E-state index contributed by atoms with van der Waals surface area (Å²) in [5, 5.41) is 10.4. The SMILES string of the molecule is CC1(C)COC2(CN(c3cc(Cl)c(C(=O)N4COc5c(cccc5-c5cc(N6C7CCC6COC7)c(C(=O)O)cc5F)C4)c(Cl)c3)C2)OC1.O. The molecule has 0 radical (unpaired) electrons. The van der Waals surface area contributed by atoms with Gasteiger partial charge in [-0.1, -0.05) is 55.2 Å². The molecule has 5 aliphatic heterocycles. The van der Waals surface area contributed by atoms with Gasteiger partial charge in [-0.3, -0.25) is 4.79 Å². The lowest BCUT2D eigenvalue weighted by Gasteiger charge is -2.54. The number of fused-ring (bicyclic) bond motifs is 3. The van der Waals surface area contributed by atoms with Crippen molar-refractivity contribution in [3.8, 4) is 16.9 Å². The highest BCUT2D eigenvalue weighted by Gasteiger charge is 2.50. The summed E-state index contributed by atoms with van der Waals surface area (Å²) in [5.74, 6) is -2.48. The number of hydrogen-bond donors (Lipinski definition) is 1. The van der Waals surface area contributed by atoms with E-state index < -0.39 is 23.5 Å². The molecule has 5 aliphatic rings. The maximum Gasteiger partial charge on any atom is 0.337 e. The molecule has 3 aromatic rings. The molecule has 4 saturated heterocycles. The summed E-state index contributed by atoms with van der Waals surface area (Å²) in [4.78, 5) is 31.6. The number of benzene rings is 3. The van der Waals surface area contributed by atoms with Crippen molar-refractivity contribution in [3.05, 3.63) is 75.0 Å². The number of morpholine rings is 1. The molecule has 0 aliphatic carbocycles. The average molecular weight is 731 g/mol. The van der Waals surface area contributed by atoms with Crippen LogP contribution in [0.2, 0.25) is 10.0 Å². The number of aromatic carboxylic acids is 1. The van der Waals surface area contributed by atoms with Gasteiger partial charge in [-0.15, -0.1) is 0 Å². The fraction of sp³-hybridized carbons (Fsp3) is 0.444. The number of nitrogens with zero attached hydrogens (tertiary/aromatic N) is 3. The molecule has 3 aromatic carbocycles. The topological polar surface area (TPSA) is 133 Å². The molecule has 1 spiro atoms. The number of hydrogen-bond acceptors (Lipinski definition) is 8. The van der Waals surface area contributed by atoms with Crippen LogP contribution in [0, 0.1) is 11.2 Å². The summed E-state index contributed by atoms with van der Waals surface area (Å²) in [6.45, 7) is 7.51. The van der Waals surface area contributed by atoms with Crippen molar-refractivity contribution in [2.75, 3.05) is 56.0 Å². The predicted octanol–water partition coefficient (Wildman–Crippen LogP) is 5.62. The van der Waals surface area contributed by atoms with Gasteiger partial charge in [0.1, 0.15) is 11.6 Å². The van der Waals surface area contributed by atoms with Gasteiger partial charge in [0, 0.05) is 27.8 Å². The third-order valence-corrected chi connectivity index (χ3v) is 10.8. The summed E-state index contributed by atoms with van der Waals surface area (Å²) in [6.07, 6.45) is 1.75. The molecule has 0 aromatic heterocycles. The van der Waals surface area contributed by atoms with Crippen LogP contribution in [0.4, 0.5) is 15.8 Å². The summed E-state index contributed by atoms with van der Waals surface area (Å²) >= 11 is 13.4. The van der Waals surface area contributed by atoms with Crippen LogP contribution in [0.15, 0.2) is 42.5 Å². The number of ether oxygens (including phenoxy) is 4. The number of rotatable bonds is 5. The zero-order valence-electron chi connectivity index (χ0n) is 27.6. The summed E-state index contributed by atoms with van der Waals surface area (Å²) in [5.41, 5.74) is 2.64. The molecule has 14 heteroatoms. The van der Waals surface area contributed by atoms with E-state index in [1.54, 1.807) is 30.3 Å². The number of carboxylic acid groups (broad SMARTS) is 1. The van der Waals surface area contributed by atoms with Crippen molar-refractivity contribution in [1.29, 1.82) is 0 Å². The Labute approximate surface area is 298 Å². The maximum absolute atomic E-state index is 15.7. The first-order valence-electron chi connectivity index (χ1n) is 16.4. The molecule has 0 saturated carbocycles. The Morgan fingerprint density at radius 3 is 2.26 bits per heavy atom. The van der Waals surface area contributed by atoms with Crippen LogP contribution < -0.4 is 14.5 Å². The van der Waals surface area contributed by atoms with Crippen LogP contribution in [0.1, 0.15) is 53.0 Å². The molecule has 1 amide bonds. The van der Waals surface area contributed by atoms with Crippen LogP contribution in [0.25, 0.3) is 11.1 Å². The Bertz CT molecular complexity index is 1820. The monoisotopic (exact) mass is 729 g/mol. The van der Waals surface area contributed by atoms with Gasteiger partial charge in [-0.05, 0) is 37.1 Å². The van der Waals surface area contributed by atoms with Crippen molar-refractivity contribution in [1.82, 2.24) is 4.90 Å². The molecular weight excluding hydrogens is 692 g/mol. The van der Waals surface area contributed by atoms with Crippen LogP contribution in [0.5, 0.6) is 5.75 Å². The van der Waals surface area contributed by atoms with Gasteiger partial charge in [0.25, 0.3) is 5.91 Å². The number of carbonyl (C=O) groups is 2. The van der Waals surface area contributed by atoms with Gasteiger partial charge in [0.2, 0.25) is 5.79 Å². The van der Waals surface area contributed by atoms with Gasteiger partial charge >= 0.3 is 5.97 Å². The highest BCUT2D eigenvalue weighted by molar-refractivity contribution is 6.40. The molecule has 4 fully saturated rings. The number of anilines is 2. The van der Waals surface area contributed by atoms with Crippen molar-refractivity contribution < 1.29 is 43.5 Å². The number of para-hydroxylation sites is 1. The minimum Gasteiger partial charge on any atom is -0.478 e. The van der Waals surface area contributed by atoms with Crippen LogP contribution in [-0.2, 0) is 20.8 Å². The lowest BCUT2D eigenvalue weighted by molar-refractivity contribution is -0.307. The number of halogens is 3.